The zero-order chi connectivity index (χ0) is 14.1. The van der Waals surface area contributed by atoms with E-state index in [0.717, 1.165) is 33.3 Å². The van der Waals surface area contributed by atoms with Gasteiger partial charge in [0.05, 0.1) is 11.7 Å². The first-order valence-electron chi connectivity index (χ1n) is 6.32. The molecule has 0 fully saturated rings. The molecule has 2 heterocycles. The molecule has 3 rings (SSSR count). The third-order valence-electron chi connectivity index (χ3n) is 3.33. The number of rotatable bonds is 2. The van der Waals surface area contributed by atoms with Crippen molar-refractivity contribution in [1.29, 1.82) is 0 Å². The number of nitrogens with zero attached hydrogens (tertiary/aromatic N) is 2. The van der Waals surface area contributed by atoms with Gasteiger partial charge < -0.3 is 0 Å². The second-order valence-electron chi connectivity index (χ2n) is 4.68. The Morgan fingerprint density at radius 3 is 2.85 bits per heavy atom. The summed E-state index contributed by atoms with van der Waals surface area (Å²) in [6.07, 6.45) is 2.98. The first kappa shape index (κ1) is 12.5. The summed E-state index contributed by atoms with van der Waals surface area (Å²) in [5.74, 6) is -0.353. The van der Waals surface area contributed by atoms with Gasteiger partial charge in [0.1, 0.15) is 5.82 Å². The van der Waals surface area contributed by atoms with Gasteiger partial charge in [-0.15, -0.1) is 0 Å². The summed E-state index contributed by atoms with van der Waals surface area (Å²) < 4.78 is 13.4. The van der Waals surface area contributed by atoms with Gasteiger partial charge in [-0.3, -0.25) is 9.97 Å². The molecular formula is C17H13FN2. The van der Waals surface area contributed by atoms with Crippen molar-refractivity contribution < 1.29 is 4.39 Å². The van der Waals surface area contributed by atoms with E-state index >= 15 is 0 Å². The molecule has 0 aliphatic carbocycles. The molecule has 98 valence electrons. The van der Waals surface area contributed by atoms with Crippen LogP contribution in [-0.2, 0) is 0 Å². The summed E-state index contributed by atoms with van der Waals surface area (Å²) in [6, 6.07) is 11.3. The van der Waals surface area contributed by atoms with Gasteiger partial charge in [-0.1, -0.05) is 18.7 Å². The predicted molar refractivity (Wildman–Crippen MR) is 78.8 cm³/mol. The fourth-order valence-electron chi connectivity index (χ4n) is 2.23. The van der Waals surface area contributed by atoms with Crippen molar-refractivity contribution >= 4 is 16.5 Å². The van der Waals surface area contributed by atoms with Crippen LogP contribution < -0.4 is 0 Å². The minimum absolute atomic E-state index is 0.353. The molecule has 2 aromatic heterocycles. The van der Waals surface area contributed by atoms with E-state index in [4.69, 9.17) is 0 Å². The number of fused-ring (bicyclic) bond motifs is 1. The van der Waals surface area contributed by atoms with E-state index < -0.39 is 0 Å². The Bertz CT molecular complexity index is 809. The Balaban J connectivity index is 2.10. The maximum atomic E-state index is 13.4. The highest BCUT2D eigenvalue weighted by atomic mass is 19.1. The lowest BCUT2D eigenvalue weighted by Gasteiger charge is -2.10. The van der Waals surface area contributed by atoms with Gasteiger partial charge in [-0.2, -0.15) is 0 Å². The van der Waals surface area contributed by atoms with Gasteiger partial charge >= 0.3 is 0 Å². The maximum Gasteiger partial charge on any atom is 0.142 e. The van der Waals surface area contributed by atoms with Crippen molar-refractivity contribution in [3.05, 3.63) is 78.0 Å². The Labute approximate surface area is 116 Å². The van der Waals surface area contributed by atoms with Crippen LogP contribution in [0.25, 0.3) is 16.5 Å². The van der Waals surface area contributed by atoms with Crippen LogP contribution in [0.4, 0.5) is 4.39 Å². The van der Waals surface area contributed by atoms with E-state index in [1.165, 1.54) is 12.3 Å². The summed E-state index contributed by atoms with van der Waals surface area (Å²) in [4.78, 5) is 8.32. The molecule has 0 saturated carbocycles. The molecular weight excluding hydrogens is 251 g/mol. The van der Waals surface area contributed by atoms with Crippen LogP contribution in [0.1, 0.15) is 16.8 Å². The second kappa shape index (κ2) is 4.85. The summed E-state index contributed by atoms with van der Waals surface area (Å²) in [7, 11) is 0. The first-order chi connectivity index (χ1) is 9.65. The number of aromatic nitrogens is 2. The summed E-state index contributed by atoms with van der Waals surface area (Å²) in [5.41, 5.74) is 4.13. The topological polar surface area (TPSA) is 25.8 Å². The van der Waals surface area contributed by atoms with Crippen LogP contribution in [0, 0.1) is 12.7 Å². The second-order valence-corrected chi connectivity index (χ2v) is 4.68. The normalized spacial score (nSPS) is 10.7. The molecule has 0 radical (unpaired) electrons. The van der Waals surface area contributed by atoms with Gasteiger partial charge in [0.25, 0.3) is 0 Å². The Morgan fingerprint density at radius 1 is 1.15 bits per heavy atom. The Hall–Kier alpha value is -2.55. The Morgan fingerprint density at radius 2 is 2.00 bits per heavy atom. The highest BCUT2D eigenvalue weighted by Gasteiger charge is 2.09. The van der Waals surface area contributed by atoms with Gasteiger partial charge in [-0.05, 0) is 42.3 Å². The predicted octanol–water partition coefficient (Wildman–Crippen LogP) is 4.14. The highest BCUT2D eigenvalue weighted by molar-refractivity contribution is 5.87. The number of hydrogen-bond acceptors (Lipinski definition) is 2. The smallest absolute Gasteiger partial charge is 0.142 e. The number of pyridine rings is 2. The zero-order valence-corrected chi connectivity index (χ0v) is 11.1. The fraction of sp³-hybridized carbons (Fsp3) is 0.0588. The number of benzene rings is 1. The molecule has 0 atom stereocenters. The lowest BCUT2D eigenvalue weighted by molar-refractivity contribution is 0.619. The molecule has 0 amide bonds. The average Bonchev–Trinajstić information content (AvgIpc) is 2.48. The van der Waals surface area contributed by atoms with Crippen molar-refractivity contribution in [2.45, 2.75) is 6.92 Å². The molecule has 0 saturated heterocycles. The summed E-state index contributed by atoms with van der Waals surface area (Å²) in [5, 5.41) is 1.04. The molecule has 3 aromatic rings. The number of aryl methyl sites for hydroxylation is 1. The zero-order valence-electron chi connectivity index (χ0n) is 11.1. The third kappa shape index (κ3) is 2.18. The van der Waals surface area contributed by atoms with Crippen LogP contribution in [0.15, 0.2) is 55.4 Å². The van der Waals surface area contributed by atoms with Crippen molar-refractivity contribution in [2.75, 3.05) is 0 Å². The van der Waals surface area contributed by atoms with Crippen molar-refractivity contribution in [1.82, 2.24) is 9.97 Å². The van der Waals surface area contributed by atoms with Gasteiger partial charge in [0, 0.05) is 22.8 Å². The largest absolute Gasteiger partial charge is 0.258 e. The minimum Gasteiger partial charge on any atom is -0.258 e. The summed E-state index contributed by atoms with van der Waals surface area (Å²) >= 11 is 0. The number of hydrogen-bond donors (Lipinski definition) is 0. The van der Waals surface area contributed by atoms with Gasteiger partial charge in [0.2, 0.25) is 0 Å². The summed E-state index contributed by atoms with van der Waals surface area (Å²) in [6.45, 7) is 5.93. The average molecular weight is 264 g/mol. The van der Waals surface area contributed by atoms with Gasteiger partial charge in [-0.25, -0.2) is 4.39 Å². The minimum atomic E-state index is -0.353. The van der Waals surface area contributed by atoms with E-state index in [1.807, 2.05) is 37.3 Å². The van der Waals surface area contributed by atoms with Crippen LogP contribution in [0.5, 0.6) is 0 Å². The molecule has 3 heteroatoms. The SMILES string of the molecule is C=C(c1ccc2ncccc2c1)c1cc(F)cnc1C. The molecule has 1 aromatic carbocycles. The molecule has 0 unspecified atom stereocenters. The van der Waals surface area contributed by atoms with Crippen LogP contribution in [0.2, 0.25) is 0 Å². The quantitative estimate of drug-likeness (QED) is 0.695. The first-order valence-corrected chi connectivity index (χ1v) is 6.32. The monoisotopic (exact) mass is 264 g/mol. The van der Waals surface area contributed by atoms with Crippen molar-refractivity contribution in [3.8, 4) is 0 Å². The Kier molecular flexibility index (Phi) is 3.03. The molecule has 0 bridgehead atoms. The molecule has 0 aliphatic rings. The van der Waals surface area contributed by atoms with Gasteiger partial charge in [0.15, 0.2) is 0 Å². The van der Waals surface area contributed by atoms with Crippen molar-refractivity contribution in [3.63, 3.8) is 0 Å². The van der Waals surface area contributed by atoms with Crippen LogP contribution in [-0.4, -0.2) is 9.97 Å². The van der Waals surface area contributed by atoms with Crippen LogP contribution in [0.3, 0.4) is 0 Å². The van der Waals surface area contributed by atoms with E-state index in [9.17, 15) is 4.39 Å². The highest BCUT2D eigenvalue weighted by Crippen LogP contribution is 2.26. The van der Waals surface area contributed by atoms with Crippen LogP contribution >= 0.6 is 0 Å². The molecule has 0 aliphatic heterocycles. The molecule has 0 N–H and O–H groups in total. The number of halogens is 1. The molecule has 0 spiro atoms. The van der Waals surface area contributed by atoms with Crippen molar-refractivity contribution in [2.24, 2.45) is 0 Å². The van der Waals surface area contributed by atoms with E-state index in [-0.39, 0.29) is 5.82 Å². The molecule has 2 nitrogen and oxygen atoms in total. The lowest BCUT2D eigenvalue weighted by Crippen LogP contribution is -1.95. The van der Waals surface area contributed by atoms with E-state index in [1.54, 1.807) is 6.20 Å². The fourth-order valence-corrected chi connectivity index (χ4v) is 2.23. The molecule has 20 heavy (non-hydrogen) atoms. The maximum absolute atomic E-state index is 13.4. The standard InChI is InChI=1S/C17H13FN2/c1-11(16-9-15(18)10-20-12(16)2)13-5-6-17-14(8-13)4-3-7-19-17/h3-10H,1H2,2H3. The lowest BCUT2D eigenvalue weighted by atomic mass is 9.97. The van der Waals surface area contributed by atoms with E-state index in [0.29, 0.717) is 0 Å². The third-order valence-corrected chi connectivity index (χ3v) is 3.33. The van der Waals surface area contributed by atoms with E-state index in [2.05, 4.69) is 16.5 Å².